The summed E-state index contributed by atoms with van der Waals surface area (Å²) in [5.41, 5.74) is 10.2. The van der Waals surface area contributed by atoms with Crippen molar-refractivity contribution < 1.29 is 13.6 Å². The Morgan fingerprint density at radius 1 is 1.09 bits per heavy atom. The average molecular weight is 434 g/mol. The number of nitrogens with zero attached hydrogens (tertiary/aromatic N) is 3. The van der Waals surface area contributed by atoms with Crippen LogP contribution in [0.5, 0.6) is 0 Å². The number of halogens is 2. The molecular formula is C23H20F2N6O. The Balaban J connectivity index is 1.40. The van der Waals surface area contributed by atoms with E-state index in [4.69, 9.17) is 10.7 Å². The van der Waals surface area contributed by atoms with E-state index in [1.165, 1.54) is 0 Å². The molecule has 0 radical (unpaired) electrons. The van der Waals surface area contributed by atoms with Gasteiger partial charge < -0.3 is 16.4 Å². The number of fused-ring (bicyclic) bond motifs is 1. The van der Waals surface area contributed by atoms with Crippen LogP contribution in [-0.4, -0.2) is 20.8 Å². The van der Waals surface area contributed by atoms with Crippen molar-refractivity contribution >= 4 is 34.3 Å². The van der Waals surface area contributed by atoms with Gasteiger partial charge in [-0.15, -0.1) is 0 Å². The van der Waals surface area contributed by atoms with Gasteiger partial charge in [0.25, 0.3) is 0 Å². The predicted molar refractivity (Wildman–Crippen MR) is 119 cm³/mol. The molecule has 0 bridgehead atoms. The Morgan fingerprint density at radius 3 is 2.53 bits per heavy atom. The lowest BCUT2D eigenvalue weighted by molar-refractivity contribution is 0.262. The number of urea groups is 1. The quantitative estimate of drug-likeness (QED) is 0.420. The molecule has 9 heteroatoms. The van der Waals surface area contributed by atoms with Crippen LogP contribution in [0.1, 0.15) is 24.5 Å². The van der Waals surface area contributed by atoms with Gasteiger partial charge in [0.1, 0.15) is 11.6 Å². The molecule has 0 aliphatic heterocycles. The van der Waals surface area contributed by atoms with Gasteiger partial charge in [-0.1, -0.05) is 12.1 Å². The second-order valence-corrected chi connectivity index (χ2v) is 7.86. The van der Waals surface area contributed by atoms with Crippen molar-refractivity contribution in [2.75, 3.05) is 16.4 Å². The zero-order valence-corrected chi connectivity index (χ0v) is 17.2. The van der Waals surface area contributed by atoms with Crippen molar-refractivity contribution in [1.82, 2.24) is 14.8 Å². The minimum atomic E-state index is -0.849. The molecule has 1 fully saturated rings. The largest absolute Gasteiger partial charge is 0.382 e. The van der Waals surface area contributed by atoms with Gasteiger partial charge in [0.05, 0.1) is 11.1 Å². The van der Waals surface area contributed by atoms with Crippen LogP contribution in [0.15, 0.2) is 48.5 Å². The minimum Gasteiger partial charge on any atom is -0.382 e. The number of pyridine rings is 1. The molecule has 0 spiro atoms. The standard InChI is InChI=1S/C23H20F2N6O/c1-31-22-20(21(26)30-31)16(11-19(28-22)13-2-3-13)12-4-7-15(8-5-12)27-23(32)29-18-9-6-14(24)10-17(18)25/h4-11,13H,2-3H2,1H3,(H2,26,30)(H2,27,29,32). The first-order valence-corrected chi connectivity index (χ1v) is 10.2. The van der Waals surface area contributed by atoms with Crippen LogP contribution in [0.25, 0.3) is 22.2 Å². The number of nitrogens with one attached hydrogen (secondary N) is 2. The van der Waals surface area contributed by atoms with Crippen molar-refractivity contribution in [1.29, 1.82) is 0 Å². The summed E-state index contributed by atoms with van der Waals surface area (Å²) < 4.78 is 28.5. The molecule has 2 heterocycles. The molecule has 162 valence electrons. The van der Waals surface area contributed by atoms with Gasteiger partial charge in [0, 0.05) is 30.4 Å². The summed E-state index contributed by atoms with van der Waals surface area (Å²) in [5.74, 6) is -0.688. The highest BCUT2D eigenvalue weighted by atomic mass is 19.1. The number of anilines is 3. The predicted octanol–water partition coefficient (Wildman–Crippen LogP) is 5.02. The Morgan fingerprint density at radius 2 is 1.84 bits per heavy atom. The Kier molecular flexibility index (Phi) is 4.73. The van der Waals surface area contributed by atoms with E-state index in [2.05, 4.69) is 21.8 Å². The number of hydrogen-bond donors (Lipinski definition) is 3. The van der Waals surface area contributed by atoms with E-state index in [9.17, 15) is 13.6 Å². The normalized spacial score (nSPS) is 13.3. The number of amides is 2. The summed E-state index contributed by atoms with van der Waals surface area (Å²) in [6.45, 7) is 0. The molecule has 32 heavy (non-hydrogen) atoms. The number of hydrogen-bond acceptors (Lipinski definition) is 4. The lowest BCUT2D eigenvalue weighted by atomic mass is 10.0. The summed E-state index contributed by atoms with van der Waals surface area (Å²) in [6, 6.07) is 11.6. The summed E-state index contributed by atoms with van der Waals surface area (Å²) in [5, 5.41) is 10.1. The first kappa shape index (κ1) is 19.9. The third-order valence-electron chi connectivity index (χ3n) is 5.47. The molecule has 1 aliphatic carbocycles. The molecule has 0 atom stereocenters. The van der Waals surface area contributed by atoms with Crippen molar-refractivity contribution in [3.05, 3.63) is 65.9 Å². The highest BCUT2D eigenvalue weighted by molar-refractivity contribution is 6.02. The fourth-order valence-electron chi connectivity index (χ4n) is 3.72. The smallest absolute Gasteiger partial charge is 0.323 e. The van der Waals surface area contributed by atoms with E-state index < -0.39 is 17.7 Å². The Bertz CT molecular complexity index is 1350. The number of aryl methyl sites for hydroxylation is 1. The van der Waals surface area contributed by atoms with Gasteiger partial charge >= 0.3 is 6.03 Å². The van der Waals surface area contributed by atoms with Crippen molar-refractivity contribution in [3.8, 4) is 11.1 Å². The molecule has 4 N–H and O–H groups in total. The lowest BCUT2D eigenvalue weighted by Gasteiger charge is -2.11. The summed E-state index contributed by atoms with van der Waals surface area (Å²) >= 11 is 0. The van der Waals surface area contributed by atoms with Gasteiger partial charge in [-0.3, -0.25) is 0 Å². The van der Waals surface area contributed by atoms with E-state index in [0.29, 0.717) is 23.5 Å². The Labute approximate surface area is 182 Å². The maximum atomic E-state index is 13.7. The number of nitrogens with two attached hydrogens (primary N) is 1. The molecule has 2 aromatic heterocycles. The fourth-order valence-corrected chi connectivity index (χ4v) is 3.72. The van der Waals surface area contributed by atoms with E-state index in [1.807, 2.05) is 19.2 Å². The van der Waals surface area contributed by atoms with Crippen LogP contribution in [0.2, 0.25) is 0 Å². The summed E-state index contributed by atoms with van der Waals surface area (Å²) in [4.78, 5) is 17.0. The zero-order valence-electron chi connectivity index (χ0n) is 17.2. The molecule has 2 amide bonds. The van der Waals surface area contributed by atoms with Crippen LogP contribution in [0.3, 0.4) is 0 Å². The first-order chi connectivity index (χ1) is 15.4. The molecule has 5 rings (SSSR count). The molecule has 7 nitrogen and oxygen atoms in total. The Hall–Kier alpha value is -4.01. The maximum Gasteiger partial charge on any atom is 0.323 e. The van der Waals surface area contributed by atoms with E-state index in [1.54, 1.807) is 16.8 Å². The summed E-state index contributed by atoms with van der Waals surface area (Å²) in [6.07, 6.45) is 2.25. The van der Waals surface area contributed by atoms with E-state index in [0.717, 1.165) is 52.8 Å². The van der Waals surface area contributed by atoms with Crippen molar-refractivity contribution in [2.45, 2.75) is 18.8 Å². The topological polar surface area (TPSA) is 97.9 Å². The summed E-state index contributed by atoms with van der Waals surface area (Å²) in [7, 11) is 1.82. The van der Waals surface area contributed by atoms with Gasteiger partial charge in [0.2, 0.25) is 0 Å². The van der Waals surface area contributed by atoms with Gasteiger partial charge in [-0.05, 0) is 54.3 Å². The minimum absolute atomic E-state index is 0.112. The van der Waals surface area contributed by atoms with Crippen molar-refractivity contribution in [3.63, 3.8) is 0 Å². The van der Waals surface area contributed by atoms with Gasteiger partial charge in [-0.2, -0.15) is 5.10 Å². The maximum absolute atomic E-state index is 13.7. The third-order valence-corrected chi connectivity index (χ3v) is 5.47. The number of rotatable bonds is 4. The molecule has 4 aromatic rings. The molecule has 2 aromatic carbocycles. The number of benzene rings is 2. The first-order valence-electron chi connectivity index (χ1n) is 10.2. The van der Waals surface area contributed by atoms with Crippen LogP contribution >= 0.6 is 0 Å². The molecule has 0 saturated heterocycles. The average Bonchev–Trinajstić information content (AvgIpc) is 3.56. The van der Waals surface area contributed by atoms with E-state index in [-0.39, 0.29) is 5.69 Å². The molecule has 1 aliphatic rings. The highest BCUT2D eigenvalue weighted by Gasteiger charge is 2.27. The number of nitrogen functional groups attached to an aromatic ring is 1. The third kappa shape index (κ3) is 3.73. The zero-order chi connectivity index (χ0) is 22.4. The van der Waals surface area contributed by atoms with E-state index >= 15 is 0 Å². The molecule has 0 unspecified atom stereocenters. The SMILES string of the molecule is Cn1nc(N)c2c(-c3ccc(NC(=O)Nc4ccc(F)cc4F)cc3)cc(C3CC3)nc21. The number of carbonyl (C=O) groups excluding carboxylic acids is 1. The molecule has 1 saturated carbocycles. The second-order valence-electron chi connectivity index (χ2n) is 7.86. The fraction of sp³-hybridized carbons (Fsp3) is 0.174. The van der Waals surface area contributed by atoms with Crippen LogP contribution in [-0.2, 0) is 7.05 Å². The van der Waals surface area contributed by atoms with Gasteiger partial charge in [-0.25, -0.2) is 23.2 Å². The van der Waals surface area contributed by atoms with Crippen molar-refractivity contribution in [2.24, 2.45) is 7.05 Å². The number of carbonyl (C=O) groups is 1. The van der Waals surface area contributed by atoms with Gasteiger partial charge in [0.15, 0.2) is 11.5 Å². The van der Waals surface area contributed by atoms with Crippen LogP contribution in [0, 0.1) is 11.6 Å². The van der Waals surface area contributed by atoms with Crippen LogP contribution in [0.4, 0.5) is 30.8 Å². The second kappa shape index (κ2) is 7.60. The highest BCUT2D eigenvalue weighted by Crippen LogP contribution is 2.42. The number of aromatic nitrogens is 3. The monoisotopic (exact) mass is 434 g/mol. The molecular weight excluding hydrogens is 414 g/mol. The lowest BCUT2D eigenvalue weighted by Crippen LogP contribution is -2.20. The van der Waals surface area contributed by atoms with Crippen LogP contribution < -0.4 is 16.4 Å².